The van der Waals surface area contributed by atoms with Crippen LogP contribution in [-0.2, 0) is 10.0 Å². The van der Waals surface area contributed by atoms with Crippen LogP contribution in [0.4, 0.5) is 11.5 Å². The Morgan fingerprint density at radius 1 is 1.17 bits per heavy atom. The fraction of sp³-hybridized carbons (Fsp3) is 0.200. The molecular weight excluding hydrogens is 332 g/mol. The van der Waals surface area contributed by atoms with Crippen molar-refractivity contribution in [3.05, 3.63) is 48.2 Å². The van der Waals surface area contributed by atoms with E-state index in [1.54, 1.807) is 24.4 Å². The topological polar surface area (TPSA) is 74.3 Å². The van der Waals surface area contributed by atoms with E-state index < -0.39 is 10.0 Å². The van der Waals surface area contributed by atoms with Crippen LogP contribution >= 0.6 is 12.2 Å². The fourth-order valence-electron chi connectivity index (χ4n) is 1.83. The second-order valence-electron chi connectivity index (χ2n) is 5.11. The molecular formula is C15H18N4O2S2. The molecule has 2 aromatic rings. The Hall–Kier alpha value is -2.03. The Bertz CT molecular complexity index is 820. The lowest BCUT2D eigenvalue weighted by Gasteiger charge is -2.14. The number of rotatable bonds is 4. The highest BCUT2D eigenvalue weighted by Crippen LogP contribution is 2.18. The number of nitrogens with zero attached hydrogens (tertiary/aromatic N) is 2. The van der Waals surface area contributed by atoms with E-state index in [1.807, 2.05) is 19.1 Å². The summed E-state index contributed by atoms with van der Waals surface area (Å²) in [4.78, 5) is 4.36. The molecule has 8 heteroatoms. The lowest BCUT2D eigenvalue weighted by Crippen LogP contribution is -2.23. The number of pyridine rings is 1. The van der Waals surface area contributed by atoms with Crippen LogP contribution < -0.4 is 10.6 Å². The predicted molar refractivity (Wildman–Crippen MR) is 96.1 cm³/mol. The molecule has 0 spiro atoms. The maximum atomic E-state index is 12.1. The molecule has 1 heterocycles. The van der Waals surface area contributed by atoms with Gasteiger partial charge in [-0.05, 0) is 55.0 Å². The zero-order valence-corrected chi connectivity index (χ0v) is 14.7. The molecule has 0 bridgehead atoms. The van der Waals surface area contributed by atoms with Gasteiger partial charge >= 0.3 is 0 Å². The predicted octanol–water partition coefficient (Wildman–Crippen LogP) is 2.45. The number of hydrogen-bond acceptors (Lipinski definition) is 4. The van der Waals surface area contributed by atoms with Crippen LogP contribution in [0.15, 0.2) is 47.5 Å². The van der Waals surface area contributed by atoms with Crippen LogP contribution in [0, 0.1) is 6.92 Å². The van der Waals surface area contributed by atoms with Crippen LogP contribution in [-0.4, -0.2) is 36.9 Å². The summed E-state index contributed by atoms with van der Waals surface area (Å²) in [5.74, 6) is 0.625. The SMILES string of the molecule is Cc1ccnc(NC(=S)Nc2cccc(S(=O)(=O)N(C)C)c2)c1. The summed E-state index contributed by atoms with van der Waals surface area (Å²) in [7, 11) is -0.500. The van der Waals surface area contributed by atoms with Crippen LogP contribution in [0.2, 0.25) is 0 Å². The van der Waals surface area contributed by atoms with E-state index in [9.17, 15) is 8.42 Å². The largest absolute Gasteiger partial charge is 0.332 e. The van der Waals surface area contributed by atoms with Crippen LogP contribution in [0.25, 0.3) is 0 Å². The van der Waals surface area contributed by atoms with Crippen molar-refractivity contribution in [1.29, 1.82) is 0 Å². The number of nitrogens with one attached hydrogen (secondary N) is 2. The van der Waals surface area contributed by atoms with Gasteiger partial charge in [0.2, 0.25) is 10.0 Å². The van der Waals surface area contributed by atoms with E-state index in [0.29, 0.717) is 16.6 Å². The zero-order valence-electron chi connectivity index (χ0n) is 13.1. The van der Waals surface area contributed by atoms with Gasteiger partial charge in [-0.1, -0.05) is 6.07 Å². The first kappa shape index (κ1) is 17.3. The highest BCUT2D eigenvalue weighted by atomic mass is 32.2. The van der Waals surface area contributed by atoms with Crippen molar-refractivity contribution < 1.29 is 8.42 Å². The maximum absolute atomic E-state index is 12.1. The number of aryl methyl sites for hydroxylation is 1. The second kappa shape index (κ2) is 7.03. The number of aromatic nitrogens is 1. The van der Waals surface area contributed by atoms with E-state index in [-0.39, 0.29) is 4.90 Å². The fourth-order valence-corrected chi connectivity index (χ4v) is 3.00. The summed E-state index contributed by atoms with van der Waals surface area (Å²) in [6, 6.07) is 10.2. The first-order valence-electron chi connectivity index (χ1n) is 6.82. The Balaban J connectivity index is 2.13. The summed E-state index contributed by atoms with van der Waals surface area (Å²) < 4.78 is 25.4. The lowest BCUT2D eigenvalue weighted by molar-refractivity contribution is 0.521. The Labute approximate surface area is 141 Å². The molecule has 0 radical (unpaired) electrons. The summed E-state index contributed by atoms with van der Waals surface area (Å²) in [6.07, 6.45) is 1.69. The Morgan fingerprint density at radius 2 is 1.91 bits per heavy atom. The molecule has 6 nitrogen and oxygen atoms in total. The normalized spacial score (nSPS) is 11.3. The van der Waals surface area contributed by atoms with Crippen molar-refractivity contribution in [2.45, 2.75) is 11.8 Å². The maximum Gasteiger partial charge on any atom is 0.242 e. The summed E-state index contributed by atoms with van der Waals surface area (Å²) in [5.41, 5.74) is 1.64. The van der Waals surface area contributed by atoms with Gasteiger partial charge in [0.25, 0.3) is 0 Å². The van der Waals surface area contributed by atoms with Gasteiger partial charge in [0, 0.05) is 26.0 Å². The third-order valence-corrected chi connectivity index (χ3v) is 5.04. The minimum absolute atomic E-state index is 0.198. The molecule has 1 aromatic heterocycles. The van der Waals surface area contributed by atoms with E-state index in [4.69, 9.17) is 12.2 Å². The van der Waals surface area contributed by atoms with Crippen LogP contribution in [0.5, 0.6) is 0 Å². The first-order chi connectivity index (χ1) is 10.8. The van der Waals surface area contributed by atoms with E-state index in [2.05, 4.69) is 15.6 Å². The molecule has 2 rings (SSSR count). The number of sulfonamides is 1. The van der Waals surface area contributed by atoms with Crippen molar-refractivity contribution in [3.8, 4) is 0 Å². The van der Waals surface area contributed by atoms with Gasteiger partial charge in [0.05, 0.1) is 4.90 Å². The quantitative estimate of drug-likeness (QED) is 0.825. The smallest absolute Gasteiger partial charge is 0.242 e. The molecule has 0 saturated carbocycles. The number of thiocarbonyl (C=S) groups is 1. The molecule has 2 N–H and O–H groups in total. The zero-order chi connectivity index (χ0) is 17.0. The molecule has 0 saturated heterocycles. The molecule has 122 valence electrons. The third kappa shape index (κ3) is 4.47. The average molecular weight is 350 g/mol. The molecule has 0 aliphatic carbocycles. The molecule has 1 aromatic carbocycles. The van der Waals surface area contributed by atoms with Crippen molar-refractivity contribution in [2.75, 3.05) is 24.7 Å². The van der Waals surface area contributed by atoms with Gasteiger partial charge in [-0.15, -0.1) is 0 Å². The van der Waals surface area contributed by atoms with Gasteiger partial charge in [0.1, 0.15) is 5.82 Å². The third-order valence-electron chi connectivity index (χ3n) is 3.03. The van der Waals surface area contributed by atoms with Gasteiger partial charge in [-0.25, -0.2) is 17.7 Å². The molecule has 23 heavy (non-hydrogen) atoms. The van der Waals surface area contributed by atoms with Gasteiger partial charge in [-0.3, -0.25) is 0 Å². The van der Waals surface area contributed by atoms with Crippen molar-refractivity contribution >= 4 is 38.9 Å². The lowest BCUT2D eigenvalue weighted by atomic mass is 10.3. The van der Waals surface area contributed by atoms with Gasteiger partial charge in [-0.2, -0.15) is 0 Å². The Kier molecular flexibility index (Phi) is 5.30. The van der Waals surface area contributed by atoms with Crippen molar-refractivity contribution in [3.63, 3.8) is 0 Å². The highest BCUT2D eigenvalue weighted by Gasteiger charge is 2.17. The van der Waals surface area contributed by atoms with Gasteiger partial charge in [0.15, 0.2) is 5.11 Å². The number of benzene rings is 1. The molecule has 0 atom stereocenters. The van der Waals surface area contributed by atoms with Crippen molar-refractivity contribution in [1.82, 2.24) is 9.29 Å². The minimum atomic E-state index is -3.48. The van der Waals surface area contributed by atoms with Crippen molar-refractivity contribution in [2.24, 2.45) is 0 Å². The van der Waals surface area contributed by atoms with Crippen LogP contribution in [0.1, 0.15) is 5.56 Å². The molecule has 0 fully saturated rings. The number of hydrogen-bond donors (Lipinski definition) is 2. The molecule has 0 aliphatic heterocycles. The van der Waals surface area contributed by atoms with Crippen LogP contribution in [0.3, 0.4) is 0 Å². The first-order valence-corrected chi connectivity index (χ1v) is 8.67. The van der Waals surface area contributed by atoms with E-state index in [0.717, 1.165) is 5.56 Å². The van der Waals surface area contributed by atoms with E-state index in [1.165, 1.54) is 24.5 Å². The second-order valence-corrected chi connectivity index (χ2v) is 7.67. The molecule has 0 unspecified atom stereocenters. The standard InChI is InChI=1S/C15H18N4O2S2/c1-11-7-8-16-14(9-11)18-15(22)17-12-5-4-6-13(10-12)23(20,21)19(2)3/h4-10H,1-3H3,(H2,16,17,18,22). The van der Waals surface area contributed by atoms with E-state index >= 15 is 0 Å². The molecule has 0 amide bonds. The van der Waals surface area contributed by atoms with Gasteiger partial charge < -0.3 is 10.6 Å². The Morgan fingerprint density at radius 3 is 2.57 bits per heavy atom. The molecule has 0 aliphatic rings. The minimum Gasteiger partial charge on any atom is -0.332 e. The monoisotopic (exact) mass is 350 g/mol. The summed E-state index contributed by atoms with van der Waals surface area (Å²) in [6.45, 7) is 1.96. The number of anilines is 2. The summed E-state index contributed by atoms with van der Waals surface area (Å²) >= 11 is 5.23. The average Bonchev–Trinajstić information content (AvgIpc) is 2.47. The summed E-state index contributed by atoms with van der Waals surface area (Å²) in [5, 5.41) is 6.26. The highest BCUT2D eigenvalue weighted by molar-refractivity contribution is 7.89.